The van der Waals surface area contributed by atoms with Gasteiger partial charge in [-0.2, -0.15) is 5.10 Å². The quantitative estimate of drug-likeness (QED) is 0.714. The molecular weight excluding hydrogens is 339 g/mol. The predicted octanol–water partition coefficient (Wildman–Crippen LogP) is 4.13. The number of aromatic nitrogens is 2. The molecule has 1 aromatic heterocycles. The summed E-state index contributed by atoms with van der Waals surface area (Å²) in [6.45, 7) is 3.35. The Morgan fingerprint density at radius 3 is 2.44 bits per heavy atom. The summed E-state index contributed by atoms with van der Waals surface area (Å²) < 4.78 is 14.8. The summed E-state index contributed by atoms with van der Waals surface area (Å²) in [6.07, 6.45) is 5.27. The zero-order chi connectivity index (χ0) is 18.5. The fourth-order valence-electron chi connectivity index (χ4n) is 3.58. The Morgan fingerprint density at radius 1 is 0.963 bits per heavy atom. The molecule has 1 fully saturated rings. The smallest absolute Gasteiger partial charge is 0.148 e. The number of hydrogen-bond acceptors (Lipinski definition) is 3. The van der Waals surface area contributed by atoms with Gasteiger partial charge in [0.1, 0.15) is 11.6 Å². The molecule has 2 heterocycles. The zero-order valence-corrected chi connectivity index (χ0v) is 15.4. The number of hydrogen-bond donors (Lipinski definition) is 1. The number of likely N-dealkylation sites (tertiary alicyclic amines) is 1. The van der Waals surface area contributed by atoms with Crippen LogP contribution in [0.3, 0.4) is 0 Å². The first kappa shape index (κ1) is 17.7. The number of rotatable bonds is 6. The van der Waals surface area contributed by atoms with Gasteiger partial charge in [0.25, 0.3) is 0 Å². The highest BCUT2D eigenvalue weighted by atomic mass is 19.1. The highest BCUT2D eigenvalue weighted by Crippen LogP contribution is 2.17. The van der Waals surface area contributed by atoms with Crippen LogP contribution in [-0.4, -0.2) is 40.4 Å². The van der Waals surface area contributed by atoms with Crippen LogP contribution in [-0.2, 0) is 6.42 Å². The number of nitrogens with one attached hydrogen (secondary N) is 1. The minimum atomic E-state index is -0.233. The fourth-order valence-corrected chi connectivity index (χ4v) is 3.58. The van der Waals surface area contributed by atoms with Gasteiger partial charge >= 0.3 is 0 Å². The Kier molecular flexibility index (Phi) is 5.49. The van der Waals surface area contributed by atoms with Gasteiger partial charge in [0.05, 0.1) is 5.69 Å². The van der Waals surface area contributed by atoms with Gasteiger partial charge in [-0.05, 0) is 49.1 Å². The second-order valence-corrected chi connectivity index (χ2v) is 7.12. The van der Waals surface area contributed by atoms with E-state index in [2.05, 4.69) is 45.6 Å². The van der Waals surface area contributed by atoms with Crippen LogP contribution in [0.25, 0.3) is 5.69 Å². The van der Waals surface area contributed by atoms with Gasteiger partial charge in [0.2, 0.25) is 0 Å². The Balaban J connectivity index is 1.25. The van der Waals surface area contributed by atoms with Crippen molar-refractivity contribution in [2.24, 2.45) is 0 Å². The first-order valence-electron chi connectivity index (χ1n) is 9.61. The molecule has 0 saturated carbocycles. The van der Waals surface area contributed by atoms with Crippen LogP contribution in [0.2, 0.25) is 0 Å². The molecule has 5 heteroatoms. The number of piperidine rings is 1. The molecular formula is C22H25FN4. The average molecular weight is 364 g/mol. The molecule has 0 radical (unpaired) electrons. The first-order valence-corrected chi connectivity index (χ1v) is 9.61. The van der Waals surface area contributed by atoms with Crippen LogP contribution in [0, 0.1) is 5.82 Å². The van der Waals surface area contributed by atoms with Gasteiger partial charge in [0, 0.05) is 37.9 Å². The molecule has 0 spiro atoms. The molecule has 27 heavy (non-hydrogen) atoms. The van der Waals surface area contributed by atoms with Crippen LogP contribution >= 0.6 is 0 Å². The zero-order valence-electron chi connectivity index (χ0n) is 15.4. The lowest BCUT2D eigenvalue weighted by Gasteiger charge is -2.32. The molecule has 1 saturated heterocycles. The molecule has 0 atom stereocenters. The largest absolute Gasteiger partial charge is 0.366 e. The lowest BCUT2D eigenvalue weighted by atomic mass is 10.0. The number of halogens is 1. The van der Waals surface area contributed by atoms with E-state index >= 15 is 0 Å². The maximum Gasteiger partial charge on any atom is 0.148 e. The molecule has 1 aliphatic rings. The molecule has 0 bridgehead atoms. The van der Waals surface area contributed by atoms with Gasteiger partial charge in [-0.15, -0.1) is 0 Å². The summed E-state index contributed by atoms with van der Waals surface area (Å²) in [5.41, 5.74) is 2.27. The van der Waals surface area contributed by atoms with Gasteiger partial charge in [-0.25, -0.2) is 9.07 Å². The monoisotopic (exact) mass is 364 g/mol. The standard InChI is InChI=1S/C22H25FN4/c23-19-6-8-21(9-7-19)27-17-13-22(25-27)24-20-11-15-26(16-12-20)14-10-18-4-2-1-3-5-18/h1-9,13,17,20H,10-12,14-16H2,(H,24,25). The molecule has 0 unspecified atom stereocenters. The lowest BCUT2D eigenvalue weighted by molar-refractivity contribution is 0.221. The van der Waals surface area contributed by atoms with Crippen molar-refractivity contribution in [1.29, 1.82) is 0 Å². The van der Waals surface area contributed by atoms with Gasteiger partial charge in [-0.3, -0.25) is 0 Å². The Labute approximate surface area is 159 Å². The van der Waals surface area contributed by atoms with Gasteiger partial charge in [-0.1, -0.05) is 30.3 Å². The number of anilines is 1. The van der Waals surface area contributed by atoms with Gasteiger partial charge < -0.3 is 10.2 Å². The predicted molar refractivity (Wildman–Crippen MR) is 107 cm³/mol. The maximum absolute atomic E-state index is 13.1. The van der Waals surface area contributed by atoms with E-state index in [4.69, 9.17) is 0 Å². The Morgan fingerprint density at radius 2 is 1.70 bits per heavy atom. The number of benzene rings is 2. The van der Waals surface area contributed by atoms with Crippen molar-refractivity contribution < 1.29 is 4.39 Å². The average Bonchev–Trinajstić information content (AvgIpc) is 3.17. The van der Waals surface area contributed by atoms with Crippen LogP contribution in [0.1, 0.15) is 18.4 Å². The minimum Gasteiger partial charge on any atom is -0.366 e. The van der Waals surface area contributed by atoms with Crippen LogP contribution in [0.5, 0.6) is 0 Å². The van der Waals surface area contributed by atoms with E-state index in [1.807, 2.05) is 12.3 Å². The molecule has 0 amide bonds. The van der Waals surface area contributed by atoms with Crippen molar-refractivity contribution in [3.63, 3.8) is 0 Å². The highest BCUT2D eigenvalue weighted by Gasteiger charge is 2.19. The summed E-state index contributed by atoms with van der Waals surface area (Å²) in [6, 6.07) is 19.5. The van der Waals surface area contributed by atoms with Crippen LogP contribution < -0.4 is 5.32 Å². The van der Waals surface area contributed by atoms with E-state index in [1.165, 1.54) is 17.7 Å². The van der Waals surface area contributed by atoms with E-state index in [0.29, 0.717) is 6.04 Å². The Hall–Kier alpha value is -2.66. The summed E-state index contributed by atoms with van der Waals surface area (Å²) in [7, 11) is 0. The molecule has 2 aromatic carbocycles. The van der Waals surface area contributed by atoms with Crippen molar-refractivity contribution in [2.45, 2.75) is 25.3 Å². The minimum absolute atomic E-state index is 0.233. The molecule has 4 nitrogen and oxygen atoms in total. The lowest BCUT2D eigenvalue weighted by Crippen LogP contribution is -2.40. The Bertz CT molecular complexity index is 836. The van der Waals surface area contributed by atoms with Crippen LogP contribution in [0.15, 0.2) is 66.9 Å². The second kappa shape index (κ2) is 8.35. The molecule has 140 valence electrons. The maximum atomic E-state index is 13.1. The summed E-state index contributed by atoms with van der Waals surface area (Å²) in [4.78, 5) is 2.54. The topological polar surface area (TPSA) is 33.1 Å². The first-order chi connectivity index (χ1) is 13.3. The summed E-state index contributed by atoms with van der Waals surface area (Å²) in [5, 5.41) is 8.11. The van der Waals surface area contributed by atoms with E-state index in [0.717, 1.165) is 50.4 Å². The van der Waals surface area contributed by atoms with Crippen molar-refractivity contribution >= 4 is 5.82 Å². The van der Waals surface area contributed by atoms with Crippen molar-refractivity contribution in [3.8, 4) is 5.69 Å². The van der Waals surface area contributed by atoms with Gasteiger partial charge in [0.15, 0.2) is 0 Å². The third-order valence-electron chi connectivity index (χ3n) is 5.18. The highest BCUT2D eigenvalue weighted by molar-refractivity contribution is 5.38. The van der Waals surface area contributed by atoms with Crippen molar-refractivity contribution in [2.75, 3.05) is 25.0 Å². The van der Waals surface area contributed by atoms with E-state index < -0.39 is 0 Å². The fraction of sp³-hybridized carbons (Fsp3) is 0.318. The second-order valence-electron chi connectivity index (χ2n) is 7.12. The van der Waals surface area contributed by atoms with Crippen molar-refractivity contribution in [3.05, 3.63) is 78.2 Å². The summed E-state index contributed by atoms with van der Waals surface area (Å²) in [5.74, 6) is 0.644. The molecule has 0 aliphatic carbocycles. The van der Waals surface area contributed by atoms with Crippen molar-refractivity contribution in [1.82, 2.24) is 14.7 Å². The third-order valence-corrected chi connectivity index (χ3v) is 5.18. The molecule has 1 N–H and O–H groups in total. The summed E-state index contributed by atoms with van der Waals surface area (Å²) >= 11 is 0. The van der Waals surface area contributed by atoms with E-state index in [9.17, 15) is 4.39 Å². The third kappa shape index (κ3) is 4.74. The number of nitrogens with zero attached hydrogens (tertiary/aromatic N) is 3. The molecule has 4 rings (SSSR count). The van der Waals surface area contributed by atoms with E-state index in [1.54, 1.807) is 16.8 Å². The molecule has 3 aromatic rings. The molecule has 1 aliphatic heterocycles. The SMILES string of the molecule is Fc1ccc(-n2ccc(NC3CCN(CCc4ccccc4)CC3)n2)cc1. The van der Waals surface area contributed by atoms with Crippen LogP contribution in [0.4, 0.5) is 10.2 Å². The normalized spacial score (nSPS) is 15.7. The van der Waals surface area contributed by atoms with E-state index in [-0.39, 0.29) is 5.82 Å².